The van der Waals surface area contributed by atoms with E-state index in [1.54, 1.807) is 0 Å². The van der Waals surface area contributed by atoms with E-state index in [0.29, 0.717) is 0 Å². The summed E-state index contributed by atoms with van der Waals surface area (Å²) in [5, 5.41) is 3.60. The highest BCUT2D eigenvalue weighted by molar-refractivity contribution is 7.99. The smallest absolute Gasteiger partial charge is 0.00752 e. The molecule has 2 nitrogen and oxygen atoms in total. The Hall–Kier alpha value is 0.270. The molecule has 94 valence electrons. The van der Waals surface area contributed by atoms with E-state index in [1.807, 2.05) is 0 Å². The lowest BCUT2D eigenvalue weighted by Crippen LogP contribution is -2.35. The maximum absolute atomic E-state index is 3.60. The van der Waals surface area contributed by atoms with Gasteiger partial charge in [0, 0.05) is 24.4 Å². The van der Waals surface area contributed by atoms with Crippen molar-refractivity contribution in [3.05, 3.63) is 0 Å². The van der Waals surface area contributed by atoms with Crippen LogP contribution in [0.5, 0.6) is 0 Å². The van der Waals surface area contributed by atoms with Crippen LogP contribution >= 0.6 is 11.8 Å². The first-order chi connectivity index (χ1) is 7.86. The van der Waals surface area contributed by atoms with E-state index in [-0.39, 0.29) is 0 Å². The molecule has 0 spiro atoms. The molecule has 2 fully saturated rings. The van der Waals surface area contributed by atoms with Crippen molar-refractivity contribution in [2.75, 3.05) is 31.1 Å². The van der Waals surface area contributed by atoms with Gasteiger partial charge in [-0.1, -0.05) is 0 Å². The summed E-state index contributed by atoms with van der Waals surface area (Å²) in [6, 6.07) is 1.67. The second-order valence-corrected chi connectivity index (χ2v) is 6.45. The Kier molecular flexibility index (Phi) is 5.46. The molecule has 1 unspecified atom stereocenters. The van der Waals surface area contributed by atoms with Gasteiger partial charge in [-0.2, -0.15) is 11.8 Å². The van der Waals surface area contributed by atoms with E-state index in [2.05, 4.69) is 28.9 Å². The van der Waals surface area contributed by atoms with E-state index in [1.165, 1.54) is 63.2 Å². The quantitative estimate of drug-likeness (QED) is 0.720. The third kappa shape index (κ3) is 4.64. The highest BCUT2D eigenvalue weighted by Crippen LogP contribution is 2.19. The first kappa shape index (κ1) is 12.7. The third-order valence-electron chi connectivity index (χ3n) is 3.69. The average Bonchev–Trinajstić information content (AvgIpc) is 3.10. The Morgan fingerprint density at radius 2 is 2.19 bits per heavy atom. The van der Waals surface area contributed by atoms with Crippen molar-refractivity contribution < 1.29 is 0 Å². The minimum Gasteiger partial charge on any atom is -0.314 e. The van der Waals surface area contributed by atoms with E-state index in [0.717, 1.165) is 12.1 Å². The molecule has 1 saturated carbocycles. The van der Waals surface area contributed by atoms with Gasteiger partial charge in [0.15, 0.2) is 0 Å². The first-order valence-corrected chi connectivity index (χ1v) is 8.07. The number of hydrogen-bond donors (Lipinski definition) is 1. The first-order valence-electron chi connectivity index (χ1n) is 6.91. The molecule has 0 amide bonds. The van der Waals surface area contributed by atoms with Gasteiger partial charge >= 0.3 is 0 Å². The molecule has 16 heavy (non-hydrogen) atoms. The van der Waals surface area contributed by atoms with Crippen LogP contribution in [0.25, 0.3) is 0 Å². The predicted octanol–water partition coefficient (Wildman–Crippen LogP) is 2.35. The molecular weight excluding hydrogens is 216 g/mol. The molecular formula is C13H26N2S. The van der Waals surface area contributed by atoms with Gasteiger partial charge in [-0.25, -0.2) is 0 Å². The van der Waals surface area contributed by atoms with E-state index < -0.39 is 0 Å². The fourth-order valence-corrected chi connectivity index (χ4v) is 3.28. The Balaban J connectivity index is 1.55. The summed E-state index contributed by atoms with van der Waals surface area (Å²) in [6.07, 6.45) is 6.93. The zero-order valence-electron chi connectivity index (χ0n) is 10.6. The zero-order valence-corrected chi connectivity index (χ0v) is 11.4. The average molecular weight is 242 g/mol. The molecule has 1 saturated heterocycles. The maximum atomic E-state index is 3.60. The summed E-state index contributed by atoms with van der Waals surface area (Å²) in [4.78, 5) is 2.69. The molecule has 0 aromatic rings. The molecule has 0 aromatic carbocycles. The van der Waals surface area contributed by atoms with Gasteiger partial charge in [0.05, 0.1) is 0 Å². The molecule has 0 bridgehead atoms. The second-order valence-electron chi connectivity index (χ2n) is 5.22. The molecule has 0 radical (unpaired) electrons. The van der Waals surface area contributed by atoms with Crippen LogP contribution in [0.2, 0.25) is 0 Å². The number of nitrogens with zero attached hydrogens (tertiary/aromatic N) is 1. The van der Waals surface area contributed by atoms with Crippen molar-refractivity contribution >= 4 is 11.8 Å². The van der Waals surface area contributed by atoms with Crippen molar-refractivity contribution in [1.29, 1.82) is 0 Å². The van der Waals surface area contributed by atoms with Crippen LogP contribution in [-0.2, 0) is 0 Å². The summed E-state index contributed by atoms with van der Waals surface area (Å²) in [5.41, 5.74) is 0. The number of thioether (sulfide) groups is 1. The molecule has 1 atom stereocenters. The molecule has 0 aromatic heterocycles. The maximum Gasteiger partial charge on any atom is 0.00752 e. The lowest BCUT2D eigenvalue weighted by atomic mass is 10.1. The number of rotatable bonds is 6. The Bertz CT molecular complexity index is 186. The molecule has 1 heterocycles. The lowest BCUT2D eigenvalue weighted by Gasteiger charge is -2.27. The molecule has 2 rings (SSSR count). The van der Waals surface area contributed by atoms with Gasteiger partial charge in [0.2, 0.25) is 0 Å². The highest BCUT2D eigenvalue weighted by Gasteiger charge is 2.20. The Morgan fingerprint density at radius 1 is 1.31 bits per heavy atom. The van der Waals surface area contributed by atoms with Gasteiger partial charge in [0.25, 0.3) is 0 Å². The van der Waals surface area contributed by atoms with E-state index >= 15 is 0 Å². The standard InChI is InChI=1S/C13H26N2S/c1-12(4-2-7-14-13-5-6-13)15-8-3-10-16-11-9-15/h12-14H,2-11H2,1H3. The summed E-state index contributed by atoms with van der Waals surface area (Å²) in [6.45, 7) is 6.27. The monoisotopic (exact) mass is 242 g/mol. The predicted molar refractivity (Wildman–Crippen MR) is 73.2 cm³/mol. The topological polar surface area (TPSA) is 15.3 Å². The summed E-state index contributed by atoms with van der Waals surface area (Å²) in [5.74, 6) is 2.71. The molecule has 3 heteroatoms. The molecule has 1 aliphatic carbocycles. The second kappa shape index (κ2) is 6.87. The van der Waals surface area contributed by atoms with Crippen molar-refractivity contribution in [3.8, 4) is 0 Å². The van der Waals surface area contributed by atoms with Gasteiger partial charge in [-0.3, -0.25) is 4.90 Å². The van der Waals surface area contributed by atoms with Crippen LogP contribution in [-0.4, -0.2) is 48.1 Å². The third-order valence-corrected chi connectivity index (χ3v) is 4.74. The van der Waals surface area contributed by atoms with Crippen molar-refractivity contribution in [2.45, 2.75) is 51.1 Å². The summed E-state index contributed by atoms with van der Waals surface area (Å²) >= 11 is 2.12. The highest BCUT2D eigenvalue weighted by atomic mass is 32.2. The largest absolute Gasteiger partial charge is 0.314 e. The number of hydrogen-bond acceptors (Lipinski definition) is 3. The minimum absolute atomic E-state index is 0.791. The van der Waals surface area contributed by atoms with E-state index in [4.69, 9.17) is 0 Å². The van der Waals surface area contributed by atoms with Crippen LogP contribution in [0.1, 0.15) is 39.0 Å². The Morgan fingerprint density at radius 3 is 3.00 bits per heavy atom. The Labute approximate surface area is 105 Å². The fraction of sp³-hybridized carbons (Fsp3) is 1.00. The van der Waals surface area contributed by atoms with E-state index in [9.17, 15) is 0 Å². The summed E-state index contributed by atoms with van der Waals surface area (Å²) in [7, 11) is 0. The van der Waals surface area contributed by atoms with Crippen LogP contribution in [0, 0.1) is 0 Å². The fourth-order valence-electron chi connectivity index (χ4n) is 2.38. The van der Waals surface area contributed by atoms with Crippen molar-refractivity contribution in [2.24, 2.45) is 0 Å². The van der Waals surface area contributed by atoms with Gasteiger partial charge in [-0.05, 0) is 57.9 Å². The molecule has 1 N–H and O–H groups in total. The van der Waals surface area contributed by atoms with Crippen LogP contribution in [0.4, 0.5) is 0 Å². The van der Waals surface area contributed by atoms with Gasteiger partial charge in [-0.15, -0.1) is 0 Å². The van der Waals surface area contributed by atoms with Gasteiger partial charge < -0.3 is 5.32 Å². The minimum atomic E-state index is 0.791. The van der Waals surface area contributed by atoms with Crippen LogP contribution in [0.3, 0.4) is 0 Å². The number of nitrogens with one attached hydrogen (secondary N) is 1. The van der Waals surface area contributed by atoms with Crippen molar-refractivity contribution in [1.82, 2.24) is 10.2 Å². The van der Waals surface area contributed by atoms with Gasteiger partial charge in [0.1, 0.15) is 0 Å². The molecule has 1 aliphatic heterocycles. The lowest BCUT2D eigenvalue weighted by molar-refractivity contribution is 0.212. The SMILES string of the molecule is CC(CCCNC1CC1)N1CCCSCC1. The van der Waals surface area contributed by atoms with Crippen LogP contribution < -0.4 is 5.32 Å². The van der Waals surface area contributed by atoms with Crippen molar-refractivity contribution in [3.63, 3.8) is 0 Å². The summed E-state index contributed by atoms with van der Waals surface area (Å²) < 4.78 is 0. The zero-order chi connectivity index (χ0) is 11.2. The molecule has 2 aliphatic rings. The normalized spacial score (nSPS) is 25.3. The van der Waals surface area contributed by atoms with Crippen LogP contribution in [0.15, 0.2) is 0 Å².